The van der Waals surface area contributed by atoms with Crippen molar-refractivity contribution in [3.8, 4) is 35.2 Å². The smallest absolute Gasteiger partial charge is 0.319 e. The highest BCUT2D eigenvalue weighted by Gasteiger charge is 2.50. The van der Waals surface area contributed by atoms with E-state index in [-0.39, 0.29) is 57.4 Å². The van der Waals surface area contributed by atoms with Gasteiger partial charge in [-0.3, -0.25) is 4.90 Å². The predicted octanol–water partition coefficient (Wildman–Crippen LogP) is 6.76. The van der Waals surface area contributed by atoms with Gasteiger partial charge in [-0.05, 0) is 92.6 Å². The lowest BCUT2D eigenvalue weighted by Crippen LogP contribution is -2.63. The molecule has 0 spiro atoms. The van der Waals surface area contributed by atoms with E-state index in [1.165, 1.54) is 24.3 Å². The van der Waals surface area contributed by atoms with E-state index in [2.05, 4.69) is 26.0 Å². The first kappa shape index (κ1) is 33.4. The summed E-state index contributed by atoms with van der Waals surface area (Å²) < 4.78 is 74.5. The number of phenolic OH excluding ortho intramolecular Hbond substituents is 1. The molecule has 6 heterocycles. The van der Waals surface area contributed by atoms with Gasteiger partial charge in [0, 0.05) is 60.8 Å². The van der Waals surface area contributed by atoms with Crippen molar-refractivity contribution >= 4 is 27.5 Å². The van der Waals surface area contributed by atoms with Gasteiger partial charge in [0.2, 0.25) is 0 Å². The Balaban J connectivity index is 1.20. The van der Waals surface area contributed by atoms with Crippen LogP contribution in [0.25, 0.3) is 32.8 Å². The van der Waals surface area contributed by atoms with Crippen LogP contribution in [0, 0.1) is 35.7 Å². The SMILES string of the molecule is C#Cc1c(F)ccc2cc(O)cc(-c3c(F)cc4c(N5C[C@@H]6CC[C@](C7CCOCC7)(C5)N6)nc(OC[C@@]56CCCN5C/C(=C\F)C6)nc4c3F)c12. The van der Waals surface area contributed by atoms with Crippen LogP contribution in [-0.4, -0.2) is 83.1 Å². The summed E-state index contributed by atoms with van der Waals surface area (Å²) in [7, 11) is 0. The summed E-state index contributed by atoms with van der Waals surface area (Å²) >= 11 is 0. The van der Waals surface area contributed by atoms with E-state index in [1.54, 1.807) is 0 Å². The molecule has 0 saturated carbocycles. The number of aromatic nitrogens is 2. The number of halogens is 4. The minimum Gasteiger partial charge on any atom is -0.508 e. The van der Waals surface area contributed by atoms with Gasteiger partial charge in [-0.1, -0.05) is 12.0 Å². The Morgan fingerprint density at radius 2 is 1.94 bits per heavy atom. The Hall–Kier alpha value is -4.44. The molecule has 8 nitrogen and oxygen atoms in total. The maximum atomic E-state index is 17.2. The van der Waals surface area contributed by atoms with Crippen LogP contribution in [0.15, 0.2) is 42.2 Å². The minimum absolute atomic E-state index is 0.0695. The molecule has 3 atom stereocenters. The molecule has 4 aromatic rings. The average Bonchev–Trinajstić information content (AvgIpc) is 3.81. The molecular formula is C40H39F4N5O3. The van der Waals surface area contributed by atoms with Crippen molar-refractivity contribution in [1.29, 1.82) is 0 Å². The van der Waals surface area contributed by atoms with E-state index >= 15 is 8.78 Å². The molecular weight excluding hydrogens is 674 g/mol. The Labute approximate surface area is 298 Å². The molecule has 5 fully saturated rings. The number of aromatic hydroxyl groups is 1. The number of ether oxygens (including phenoxy) is 2. The quantitative estimate of drug-likeness (QED) is 0.168. The van der Waals surface area contributed by atoms with Gasteiger partial charge in [0.25, 0.3) is 0 Å². The minimum atomic E-state index is -1.01. The predicted molar refractivity (Wildman–Crippen MR) is 189 cm³/mol. The van der Waals surface area contributed by atoms with Crippen molar-refractivity contribution in [3.05, 3.63) is 65.2 Å². The van der Waals surface area contributed by atoms with E-state index in [1.807, 2.05) is 0 Å². The fourth-order valence-electron chi connectivity index (χ4n) is 9.91. The summed E-state index contributed by atoms with van der Waals surface area (Å²) in [6, 6.07) is 6.43. The standard InChI is InChI=1S/C40H39F4N5O3/c1-2-28-31(42)5-4-24-14-27(50)15-29(33(24)28)34-32(43)16-30-36(35(34)44)45-38(52-22-39-9-3-11-49(39)19-23(17-39)18-41)46-37(30)48-20-26-6-10-40(21-48,47-26)25-7-12-51-13-8-25/h1,4-5,14-16,18,25-26,47,50H,3,6-13,17,19-22H2/b23-18-/t26-,39-,40+/m0/s1. The van der Waals surface area contributed by atoms with Gasteiger partial charge < -0.3 is 24.8 Å². The highest BCUT2D eigenvalue weighted by molar-refractivity contribution is 6.04. The summed E-state index contributed by atoms with van der Waals surface area (Å²) in [5.74, 6) is 0.114. The molecule has 5 saturated heterocycles. The summed E-state index contributed by atoms with van der Waals surface area (Å²) in [5.41, 5.74) is -0.885. The number of hydrogen-bond acceptors (Lipinski definition) is 8. The number of piperazine rings is 1. The third-order valence-corrected chi connectivity index (χ3v) is 12.3. The molecule has 12 heteroatoms. The van der Waals surface area contributed by atoms with Gasteiger partial charge in [0.1, 0.15) is 35.3 Å². The molecule has 1 aromatic heterocycles. The van der Waals surface area contributed by atoms with Crippen molar-refractivity contribution in [2.45, 2.75) is 62.1 Å². The molecule has 2 bridgehead atoms. The Kier molecular flexibility index (Phi) is 8.10. The van der Waals surface area contributed by atoms with Gasteiger partial charge in [0.15, 0.2) is 5.82 Å². The second kappa shape index (κ2) is 12.6. The summed E-state index contributed by atoms with van der Waals surface area (Å²) in [5, 5.41) is 15.1. The first-order valence-corrected chi connectivity index (χ1v) is 18.1. The monoisotopic (exact) mass is 713 g/mol. The van der Waals surface area contributed by atoms with Gasteiger partial charge in [-0.2, -0.15) is 9.97 Å². The number of phenols is 1. The molecule has 2 N–H and O–H groups in total. The summed E-state index contributed by atoms with van der Waals surface area (Å²) in [6.07, 6.45) is 12.4. The molecule has 0 unspecified atom stereocenters. The summed E-state index contributed by atoms with van der Waals surface area (Å²) in [6.45, 7) is 4.05. The van der Waals surface area contributed by atoms with Crippen molar-refractivity contribution in [2.75, 3.05) is 50.9 Å². The van der Waals surface area contributed by atoms with E-state index in [9.17, 15) is 13.9 Å². The van der Waals surface area contributed by atoms with E-state index in [4.69, 9.17) is 20.9 Å². The van der Waals surface area contributed by atoms with Gasteiger partial charge in [-0.15, -0.1) is 6.42 Å². The number of benzene rings is 3. The number of fused-ring (bicyclic) bond motifs is 5. The third-order valence-electron chi connectivity index (χ3n) is 12.3. The molecule has 0 radical (unpaired) electrons. The van der Waals surface area contributed by atoms with Gasteiger partial charge >= 0.3 is 6.01 Å². The fourth-order valence-corrected chi connectivity index (χ4v) is 9.91. The zero-order chi connectivity index (χ0) is 35.8. The van der Waals surface area contributed by atoms with Crippen LogP contribution in [-0.2, 0) is 4.74 Å². The molecule has 3 aromatic carbocycles. The van der Waals surface area contributed by atoms with Crippen LogP contribution in [0.2, 0.25) is 0 Å². The fraction of sp³-hybridized carbons (Fsp3) is 0.450. The molecule has 5 aliphatic rings. The van der Waals surface area contributed by atoms with Crippen molar-refractivity contribution in [1.82, 2.24) is 20.2 Å². The molecule has 9 rings (SSSR count). The molecule has 0 amide bonds. The van der Waals surface area contributed by atoms with Gasteiger partial charge in [0.05, 0.1) is 23.0 Å². The topological polar surface area (TPSA) is 83.0 Å². The zero-order valence-electron chi connectivity index (χ0n) is 28.7. The number of nitrogens with zero attached hydrogens (tertiary/aromatic N) is 4. The number of rotatable bonds is 6. The maximum Gasteiger partial charge on any atom is 0.319 e. The normalized spacial score (nSPS) is 27.2. The lowest BCUT2D eigenvalue weighted by atomic mass is 9.77. The highest BCUT2D eigenvalue weighted by Crippen LogP contribution is 2.46. The number of anilines is 1. The molecule has 0 aliphatic carbocycles. The number of terminal acetylenes is 1. The maximum absolute atomic E-state index is 17.2. The Morgan fingerprint density at radius 3 is 2.75 bits per heavy atom. The van der Waals surface area contributed by atoms with E-state index in [0.29, 0.717) is 68.3 Å². The van der Waals surface area contributed by atoms with E-state index in [0.717, 1.165) is 51.1 Å². The van der Waals surface area contributed by atoms with Crippen molar-refractivity contribution in [3.63, 3.8) is 0 Å². The second-order valence-electron chi connectivity index (χ2n) is 15.2. The molecule has 52 heavy (non-hydrogen) atoms. The lowest BCUT2D eigenvalue weighted by Gasteiger charge is -2.47. The average molecular weight is 714 g/mol. The van der Waals surface area contributed by atoms with Crippen LogP contribution in [0.5, 0.6) is 11.8 Å². The van der Waals surface area contributed by atoms with Gasteiger partial charge in [-0.25, -0.2) is 17.6 Å². The van der Waals surface area contributed by atoms with Crippen molar-refractivity contribution in [2.24, 2.45) is 5.92 Å². The lowest BCUT2D eigenvalue weighted by molar-refractivity contribution is 0.0308. The molecule has 5 aliphatic heterocycles. The van der Waals surface area contributed by atoms with Crippen LogP contribution < -0.4 is 15.0 Å². The number of nitrogens with one attached hydrogen (secondary N) is 1. The van der Waals surface area contributed by atoms with Crippen LogP contribution in [0.3, 0.4) is 0 Å². The van der Waals surface area contributed by atoms with Crippen LogP contribution in [0.4, 0.5) is 23.4 Å². The second-order valence-corrected chi connectivity index (χ2v) is 15.2. The Morgan fingerprint density at radius 1 is 1.10 bits per heavy atom. The van der Waals surface area contributed by atoms with E-state index < -0.39 is 28.6 Å². The highest BCUT2D eigenvalue weighted by atomic mass is 19.1. The first-order chi connectivity index (χ1) is 25.2. The summed E-state index contributed by atoms with van der Waals surface area (Å²) in [4.78, 5) is 13.8. The third kappa shape index (κ3) is 5.31. The molecule has 270 valence electrons. The van der Waals surface area contributed by atoms with Crippen molar-refractivity contribution < 1.29 is 32.1 Å². The number of hydrogen-bond donors (Lipinski definition) is 2. The van der Waals surface area contributed by atoms with Crippen LogP contribution in [0.1, 0.15) is 50.5 Å². The zero-order valence-corrected chi connectivity index (χ0v) is 28.7. The van der Waals surface area contributed by atoms with Crippen LogP contribution >= 0.6 is 0 Å². The Bertz CT molecular complexity index is 2180. The largest absolute Gasteiger partial charge is 0.508 e. The first-order valence-electron chi connectivity index (χ1n) is 18.1.